The maximum atomic E-state index is 13.6. The molecule has 5 heteroatoms. The number of carbonyl (C=O) groups excluding carboxylic acids is 1. The molecule has 2 heterocycles. The summed E-state index contributed by atoms with van der Waals surface area (Å²) in [7, 11) is 0. The minimum atomic E-state index is -0.365. The van der Waals surface area contributed by atoms with Crippen LogP contribution >= 0.6 is 0 Å². The maximum Gasteiger partial charge on any atom is 0.227 e. The highest BCUT2D eigenvalue weighted by atomic mass is 19.1. The molecule has 2 aromatic carbocycles. The van der Waals surface area contributed by atoms with Gasteiger partial charge in [-0.2, -0.15) is 0 Å². The van der Waals surface area contributed by atoms with Gasteiger partial charge >= 0.3 is 0 Å². The summed E-state index contributed by atoms with van der Waals surface area (Å²) >= 11 is 0. The Hall–Kier alpha value is -2.40. The number of amides is 1. The molecule has 0 unspecified atom stereocenters. The Labute approximate surface area is 172 Å². The average molecular weight is 397 g/mol. The molecular formula is C24H29FN2O2. The zero-order valence-electron chi connectivity index (χ0n) is 17.2. The Kier molecular flexibility index (Phi) is 5.59. The lowest BCUT2D eigenvalue weighted by Crippen LogP contribution is -2.55. The second-order valence-corrected chi connectivity index (χ2v) is 8.58. The molecule has 29 heavy (non-hydrogen) atoms. The highest BCUT2D eigenvalue weighted by Gasteiger charge is 2.42. The predicted molar refractivity (Wildman–Crippen MR) is 111 cm³/mol. The zero-order chi connectivity index (χ0) is 20.4. The summed E-state index contributed by atoms with van der Waals surface area (Å²) in [5.41, 5.74) is 1.37. The largest absolute Gasteiger partial charge is 0.485 e. The van der Waals surface area contributed by atoms with E-state index in [2.05, 4.69) is 18.7 Å². The molecule has 2 aliphatic rings. The van der Waals surface area contributed by atoms with Crippen molar-refractivity contribution in [3.63, 3.8) is 0 Å². The van der Waals surface area contributed by atoms with E-state index in [1.807, 2.05) is 29.2 Å². The van der Waals surface area contributed by atoms with Gasteiger partial charge < -0.3 is 14.5 Å². The van der Waals surface area contributed by atoms with E-state index in [9.17, 15) is 9.18 Å². The number of fused-ring (bicyclic) bond motifs is 1. The number of nitrogens with zero attached hydrogens (tertiary/aromatic N) is 2. The van der Waals surface area contributed by atoms with E-state index in [4.69, 9.17) is 4.74 Å². The molecule has 2 aliphatic heterocycles. The topological polar surface area (TPSA) is 32.8 Å². The van der Waals surface area contributed by atoms with Gasteiger partial charge in [0.1, 0.15) is 17.2 Å². The van der Waals surface area contributed by atoms with E-state index >= 15 is 0 Å². The smallest absolute Gasteiger partial charge is 0.227 e. The molecule has 0 aliphatic carbocycles. The van der Waals surface area contributed by atoms with Gasteiger partial charge in [-0.15, -0.1) is 0 Å². The van der Waals surface area contributed by atoms with Crippen molar-refractivity contribution in [2.45, 2.75) is 51.3 Å². The fraction of sp³-hybridized carbons (Fsp3) is 0.458. The third kappa shape index (κ3) is 4.45. The Balaban J connectivity index is 1.58. The molecule has 1 fully saturated rings. The number of likely N-dealkylation sites (tertiary alicyclic amines) is 1. The second-order valence-electron chi connectivity index (χ2n) is 8.58. The summed E-state index contributed by atoms with van der Waals surface area (Å²) in [6.07, 6.45) is 1.99. The van der Waals surface area contributed by atoms with E-state index in [-0.39, 0.29) is 23.7 Å². The molecule has 1 spiro atoms. The number of para-hydroxylation sites is 1. The first kappa shape index (κ1) is 19.9. The van der Waals surface area contributed by atoms with Crippen molar-refractivity contribution in [3.05, 3.63) is 65.5 Å². The molecule has 1 amide bonds. The molecular weight excluding hydrogens is 367 g/mol. The molecule has 0 bridgehead atoms. The molecule has 1 saturated heterocycles. The fourth-order valence-corrected chi connectivity index (χ4v) is 4.43. The van der Waals surface area contributed by atoms with Crippen LogP contribution < -0.4 is 4.74 Å². The van der Waals surface area contributed by atoms with Crippen molar-refractivity contribution in [1.82, 2.24) is 9.80 Å². The number of rotatable bonds is 3. The number of ether oxygens (including phenoxy) is 1. The summed E-state index contributed by atoms with van der Waals surface area (Å²) in [5, 5.41) is 0. The van der Waals surface area contributed by atoms with E-state index in [0.29, 0.717) is 24.7 Å². The van der Waals surface area contributed by atoms with E-state index < -0.39 is 0 Å². The maximum absolute atomic E-state index is 13.6. The molecule has 0 N–H and O–H groups in total. The fourth-order valence-electron chi connectivity index (χ4n) is 4.43. The van der Waals surface area contributed by atoms with Gasteiger partial charge in [0, 0.05) is 44.1 Å². The summed E-state index contributed by atoms with van der Waals surface area (Å²) in [6.45, 7) is 7.46. The van der Waals surface area contributed by atoms with Crippen LogP contribution in [0.15, 0.2) is 48.5 Å². The summed E-state index contributed by atoms with van der Waals surface area (Å²) in [5.74, 6) is 0.588. The first-order chi connectivity index (χ1) is 13.9. The molecule has 0 atom stereocenters. The molecule has 0 radical (unpaired) electrons. The van der Waals surface area contributed by atoms with Crippen LogP contribution in [0.2, 0.25) is 0 Å². The van der Waals surface area contributed by atoms with Gasteiger partial charge in [0.15, 0.2) is 0 Å². The van der Waals surface area contributed by atoms with Crippen molar-refractivity contribution in [2.24, 2.45) is 0 Å². The van der Waals surface area contributed by atoms with Gasteiger partial charge in [-0.25, -0.2) is 4.39 Å². The van der Waals surface area contributed by atoms with Gasteiger partial charge in [-0.1, -0.05) is 30.3 Å². The number of piperidine rings is 1. The number of hydrogen-bond acceptors (Lipinski definition) is 3. The third-order valence-corrected chi connectivity index (χ3v) is 6.18. The lowest BCUT2D eigenvalue weighted by Gasteiger charge is -2.44. The summed E-state index contributed by atoms with van der Waals surface area (Å²) in [6, 6.07) is 14.8. The number of halogens is 1. The molecule has 2 aromatic rings. The number of hydrogen-bond donors (Lipinski definition) is 0. The number of carbonyl (C=O) groups is 1. The Morgan fingerprint density at radius 2 is 1.90 bits per heavy atom. The van der Waals surface area contributed by atoms with Crippen LogP contribution in [-0.4, -0.2) is 47.0 Å². The first-order valence-electron chi connectivity index (χ1n) is 10.5. The van der Waals surface area contributed by atoms with Crippen molar-refractivity contribution in [1.29, 1.82) is 0 Å². The molecule has 4 nitrogen and oxygen atoms in total. The highest BCUT2D eigenvalue weighted by molar-refractivity contribution is 5.79. The standard InChI is InChI=1S/C24H29FN2O2/c1-18(2)26-12-10-24(11-13-26)17-27(16-20-7-3-4-9-22(20)29-24)23(28)15-19-6-5-8-21(25)14-19/h3-9,14,18H,10-13,15-17H2,1-2H3. The van der Waals surface area contributed by atoms with Crippen LogP contribution in [0.5, 0.6) is 5.75 Å². The third-order valence-electron chi connectivity index (χ3n) is 6.18. The van der Waals surface area contributed by atoms with Crippen molar-refractivity contribution < 1.29 is 13.9 Å². The monoisotopic (exact) mass is 396 g/mol. The Bertz CT molecular complexity index is 875. The molecule has 0 saturated carbocycles. The quantitative estimate of drug-likeness (QED) is 0.785. The predicted octanol–water partition coefficient (Wildman–Crippen LogP) is 4.03. The SMILES string of the molecule is CC(C)N1CCC2(CC1)CN(C(=O)Cc1cccc(F)c1)Cc1ccccc1O2. The van der Waals surface area contributed by atoms with Gasteiger partial charge in [0.2, 0.25) is 5.91 Å². The molecule has 0 aromatic heterocycles. The first-order valence-corrected chi connectivity index (χ1v) is 10.5. The van der Waals surface area contributed by atoms with Crippen LogP contribution in [0, 0.1) is 5.82 Å². The minimum Gasteiger partial charge on any atom is -0.485 e. The lowest BCUT2D eigenvalue weighted by molar-refractivity contribution is -0.134. The minimum absolute atomic E-state index is 0.0153. The van der Waals surface area contributed by atoms with Gasteiger partial charge in [0.05, 0.1) is 13.0 Å². The van der Waals surface area contributed by atoms with Crippen LogP contribution in [-0.2, 0) is 17.8 Å². The van der Waals surface area contributed by atoms with Crippen LogP contribution in [0.3, 0.4) is 0 Å². The zero-order valence-corrected chi connectivity index (χ0v) is 17.2. The lowest BCUT2D eigenvalue weighted by atomic mass is 9.89. The van der Waals surface area contributed by atoms with Crippen LogP contribution in [0.1, 0.15) is 37.8 Å². The molecule has 154 valence electrons. The normalized spacial score (nSPS) is 19.0. The molecule has 4 rings (SSSR count). The van der Waals surface area contributed by atoms with Gasteiger partial charge in [0.25, 0.3) is 0 Å². The average Bonchev–Trinajstić information content (AvgIpc) is 2.85. The van der Waals surface area contributed by atoms with Crippen LogP contribution in [0.4, 0.5) is 4.39 Å². The summed E-state index contributed by atoms with van der Waals surface area (Å²) in [4.78, 5) is 17.5. The van der Waals surface area contributed by atoms with Gasteiger partial charge in [-0.3, -0.25) is 4.79 Å². The van der Waals surface area contributed by atoms with Crippen LogP contribution in [0.25, 0.3) is 0 Å². The van der Waals surface area contributed by atoms with Crippen molar-refractivity contribution in [2.75, 3.05) is 19.6 Å². The van der Waals surface area contributed by atoms with Gasteiger partial charge in [-0.05, 0) is 37.6 Å². The Morgan fingerprint density at radius 1 is 1.14 bits per heavy atom. The second kappa shape index (κ2) is 8.15. The number of benzene rings is 2. The highest BCUT2D eigenvalue weighted by Crippen LogP contribution is 2.36. The van der Waals surface area contributed by atoms with Crippen molar-refractivity contribution in [3.8, 4) is 5.75 Å². The van der Waals surface area contributed by atoms with Crippen molar-refractivity contribution >= 4 is 5.91 Å². The Morgan fingerprint density at radius 3 is 2.62 bits per heavy atom. The van der Waals surface area contributed by atoms with E-state index in [1.165, 1.54) is 12.1 Å². The van der Waals surface area contributed by atoms with E-state index in [0.717, 1.165) is 37.2 Å². The summed E-state index contributed by atoms with van der Waals surface area (Å²) < 4.78 is 20.1. The van der Waals surface area contributed by atoms with E-state index in [1.54, 1.807) is 12.1 Å².